The van der Waals surface area contributed by atoms with E-state index in [0.717, 1.165) is 30.5 Å². The highest BCUT2D eigenvalue weighted by molar-refractivity contribution is 9.10. The van der Waals surface area contributed by atoms with Crippen molar-refractivity contribution in [3.8, 4) is 0 Å². The zero-order chi connectivity index (χ0) is 11.6. The molecule has 0 aromatic heterocycles. The molecule has 0 fully saturated rings. The van der Waals surface area contributed by atoms with Gasteiger partial charge in [0.25, 0.3) is 0 Å². The minimum absolute atomic E-state index is 0.712. The summed E-state index contributed by atoms with van der Waals surface area (Å²) in [5, 5.41) is 0. The van der Waals surface area contributed by atoms with E-state index in [1.165, 1.54) is 18.4 Å². The molecule has 0 heterocycles. The van der Waals surface area contributed by atoms with Crippen molar-refractivity contribution >= 4 is 15.9 Å². The average Bonchev–Trinajstić information content (AvgIpc) is 2.30. The van der Waals surface area contributed by atoms with Gasteiger partial charge < -0.3 is 10.5 Å². The first-order valence-electron chi connectivity index (χ1n) is 5.85. The Labute approximate surface area is 106 Å². The molecule has 90 valence electrons. The Bertz CT molecular complexity index is 274. The van der Waals surface area contributed by atoms with Gasteiger partial charge >= 0.3 is 0 Å². The third-order valence-electron chi connectivity index (χ3n) is 2.42. The largest absolute Gasteiger partial charge is 0.377 e. The Balaban J connectivity index is 2.01. The number of benzene rings is 1. The van der Waals surface area contributed by atoms with Gasteiger partial charge in [0.1, 0.15) is 0 Å². The fourth-order valence-corrected chi connectivity index (χ4v) is 1.74. The first kappa shape index (κ1) is 13.7. The quantitative estimate of drug-likeness (QED) is 0.742. The van der Waals surface area contributed by atoms with Gasteiger partial charge in [0, 0.05) is 11.1 Å². The van der Waals surface area contributed by atoms with E-state index in [1.807, 2.05) is 12.1 Å². The van der Waals surface area contributed by atoms with E-state index in [4.69, 9.17) is 10.5 Å². The van der Waals surface area contributed by atoms with E-state index in [-0.39, 0.29) is 0 Å². The van der Waals surface area contributed by atoms with Crippen LogP contribution >= 0.6 is 15.9 Å². The Morgan fingerprint density at radius 1 is 1.00 bits per heavy atom. The van der Waals surface area contributed by atoms with Crippen LogP contribution in [0.3, 0.4) is 0 Å². The highest BCUT2D eigenvalue weighted by atomic mass is 79.9. The van der Waals surface area contributed by atoms with Crippen LogP contribution < -0.4 is 5.73 Å². The molecule has 0 saturated heterocycles. The van der Waals surface area contributed by atoms with Gasteiger partial charge in [-0.2, -0.15) is 0 Å². The molecule has 0 amide bonds. The molecule has 2 nitrogen and oxygen atoms in total. The Kier molecular flexibility index (Phi) is 7.47. The van der Waals surface area contributed by atoms with Crippen molar-refractivity contribution in [2.75, 3.05) is 13.2 Å². The van der Waals surface area contributed by atoms with Crippen molar-refractivity contribution in [1.29, 1.82) is 0 Å². The van der Waals surface area contributed by atoms with Crippen LogP contribution in [0.4, 0.5) is 0 Å². The van der Waals surface area contributed by atoms with Gasteiger partial charge in [-0.25, -0.2) is 0 Å². The van der Waals surface area contributed by atoms with Crippen LogP contribution in [-0.4, -0.2) is 13.2 Å². The zero-order valence-corrected chi connectivity index (χ0v) is 11.2. The molecule has 2 N–H and O–H groups in total. The second-order valence-corrected chi connectivity index (χ2v) is 4.80. The van der Waals surface area contributed by atoms with Crippen LogP contribution in [0, 0.1) is 0 Å². The monoisotopic (exact) mass is 285 g/mol. The van der Waals surface area contributed by atoms with Gasteiger partial charge in [-0.1, -0.05) is 40.9 Å². The van der Waals surface area contributed by atoms with Gasteiger partial charge in [0.15, 0.2) is 0 Å². The van der Waals surface area contributed by atoms with Gasteiger partial charge in [-0.05, 0) is 37.1 Å². The number of rotatable bonds is 8. The number of unbranched alkanes of at least 4 members (excludes halogenated alkanes) is 3. The predicted molar refractivity (Wildman–Crippen MR) is 71.3 cm³/mol. The number of nitrogens with two attached hydrogens (primary N) is 1. The molecule has 0 atom stereocenters. The number of hydrogen-bond donors (Lipinski definition) is 1. The maximum Gasteiger partial charge on any atom is 0.0716 e. The van der Waals surface area contributed by atoms with E-state index < -0.39 is 0 Å². The highest BCUT2D eigenvalue weighted by Crippen LogP contribution is 2.11. The molecule has 0 spiro atoms. The Morgan fingerprint density at radius 2 is 1.69 bits per heavy atom. The van der Waals surface area contributed by atoms with E-state index in [2.05, 4.69) is 28.1 Å². The third kappa shape index (κ3) is 6.26. The molecular formula is C13H20BrNO. The summed E-state index contributed by atoms with van der Waals surface area (Å²) in [6.07, 6.45) is 4.71. The normalized spacial score (nSPS) is 10.6. The molecule has 1 aromatic carbocycles. The SMILES string of the molecule is NCCCCCCOCc1ccc(Br)cc1. The lowest BCUT2D eigenvalue weighted by Crippen LogP contribution is -1.99. The number of ether oxygens (including phenoxy) is 1. The van der Waals surface area contributed by atoms with Crippen LogP contribution in [0.5, 0.6) is 0 Å². The van der Waals surface area contributed by atoms with Gasteiger partial charge in [0.05, 0.1) is 6.61 Å². The lowest BCUT2D eigenvalue weighted by atomic mass is 10.2. The summed E-state index contributed by atoms with van der Waals surface area (Å²) in [6.45, 7) is 2.37. The minimum Gasteiger partial charge on any atom is -0.377 e. The van der Waals surface area contributed by atoms with E-state index in [0.29, 0.717) is 6.61 Å². The lowest BCUT2D eigenvalue weighted by Gasteiger charge is -2.04. The number of hydrogen-bond acceptors (Lipinski definition) is 2. The summed E-state index contributed by atoms with van der Waals surface area (Å²) in [4.78, 5) is 0. The molecule has 0 unspecified atom stereocenters. The molecule has 0 radical (unpaired) electrons. The molecule has 0 aliphatic carbocycles. The molecule has 16 heavy (non-hydrogen) atoms. The van der Waals surface area contributed by atoms with E-state index in [1.54, 1.807) is 0 Å². The summed E-state index contributed by atoms with van der Waals surface area (Å²) in [7, 11) is 0. The van der Waals surface area contributed by atoms with Crippen LogP contribution in [0.25, 0.3) is 0 Å². The predicted octanol–water partition coefficient (Wildman–Crippen LogP) is 3.48. The zero-order valence-electron chi connectivity index (χ0n) is 9.62. The van der Waals surface area contributed by atoms with Crippen LogP contribution in [-0.2, 0) is 11.3 Å². The lowest BCUT2D eigenvalue weighted by molar-refractivity contribution is 0.117. The first-order valence-corrected chi connectivity index (χ1v) is 6.64. The molecule has 0 aliphatic rings. The summed E-state index contributed by atoms with van der Waals surface area (Å²) >= 11 is 3.41. The van der Waals surface area contributed by atoms with Gasteiger partial charge in [0.2, 0.25) is 0 Å². The summed E-state index contributed by atoms with van der Waals surface area (Å²) in [6, 6.07) is 8.25. The van der Waals surface area contributed by atoms with Crippen molar-refractivity contribution in [1.82, 2.24) is 0 Å². The Morgan fingerprint density at radius 3 is 2.38 bits per heavy atom. The Hall–Kier alpha value is -0.380. The van der Waals surface area contributed by atoms with Crippen molar-refractivity contribution in [2.24, 2.45) is 5.73 Å². The van der Waals surface area contributed by atoms with Crippen molar-refractivity contribution in [3.63, 3.8) is 0 Å². The molecule has 1 aromatic rings. The molecule has 1 rings (SSSR count). The molecular weight excluding hydrogens is 266 g/mol. The second kappa shape index (κ2) is 8.74. The minimum atomic E-state index is 0.712. The van der Waals surface area contributed by atoms with E-state index >= 15 is 0 Å². The fourth-order valence-electron chi connectivity index (χ4n) is 1.47. The summed E-state index contributed by atoms with van der Waals surface area (Å²) in [5.74, 6) is 0. The van der Waals surface area contributed by atoms with Crippen LogP contribution in [0.2, 0.25) is 0 Å². The summed E-state index contributed by atoms with van der Waals surface area (Å²) in [5.41, 5.74) is 6.65. The maximum atomic E-state index is 5.59. The average molecular weight is 286 g/mol. The van der Waals surface area contributed by atoms with Crippen molar-refractivity contribution in [2.45, 2.75) is 32.3 Å². The highest BCUT2D eigenvalue weighted by Gasteiger charge is 1.94. The van der Waals surface area contributed by atoms with Gasteiger partial charge in [-0.15, -0.1) is 0 Å². The molecule has 0 bridgehead atoms. The standard InChI is InChI=1S/C13H20BrNO/c14-13-7-5-12(6-8-13)11-16-10-4-2-1-3-9-15/h5-8H,1-4,9-11,15H2. The fraction of sp³-hybridized carbons (Fsp3) is 0.538. The third-order valence-corrected chi connectivity index (χ3v) is 2.95. The first-order chi connectivity index (χ1) is 7.83. The van der Waals surface area contributed by atoms with E-state index in [9.17, 15) is 0 Å². The summed E-state index contributed by atoms with van der Waals surface area (Å²) < 4.78 is 6.70. The van der Waals surface area contributed by atoms with Crippen LogP contribution in [0.15, 0.2) is 28.7 Å². The molecule has 0 saturated carbocycles. The molecule has 3 heteroatoms. The van der Waals surface area contributed by atoms with Crippen molar-refractivity contribution in [3.05, 3.63) is 34.3 Å². The number of halogens is 1. The van der Waals surface area contributed by atoms with Gasteiger partial charge in [-0.3, -0.25) is 0 Å². The molecule has 0 aliphatic heterocycles. The van der Waals surface area contributed by atoms with Crippen LogP contribution in [0.1, 0.15) is 31.2 Å². The topological polar surface area (TPSA) is 35.2 Å². The smallest absolute Gasteiger partial charge is 0.0716 e. The second-order valence-electron chi connectivity index (χ2n) is 3.88. The maximum absolute atomic E-state index is 5.59. The van der Waals surface area contributed by atoms with Crippen molar-refractivity contribution < 1.29 is 4.74 Å².